The summed E-state index contributed by atoms with van der Waals surface area (Å²) in [6.45, 7) is 8.69. The van der Waals surface area contributed by atoms with Crippen molar-refractivity contribution in [2.75, 3.05) is 0 Å². The average molecular weight is 316 g/mol. The summed E-state index contributed by atoms with van der Waals surface area (Å²) in [4.78, 5) is 4.71. The van der Waals surface area contributed by atoms with E-state index >= 15 is 0 Å². The summed E-state index contributed by atoms with van der Waals surface area (Å²) in [6, 6.07) is 17.6. The van der Waals surface area contributed by atoms with E-state index in [2.05, 4.69) is 44.1 Å². The van der Waals surface area contributed by atoms with Crippen LogP contribution in [0.1, 0.15) is 16.7 Å². The van der Waals surface area contributed by atoms with Crippen LogP contribution in [0.3, 0.4) is 0 Å². The molecule has 114 valence electrons. The third-order valence-corrected chi connectivity index (χ3v) is 3.99. The Morgan fingerprint density at radius 1 is 0.957 bits per heavy atom. The molecule has 0 fully saturated rings. The molecular formula is C20H20N2Si. The van der Waals surface area contributed by atoms with Gasteiger partial charge in [-0.05, 0) is 31.2 Å². The quantitative estimate of drug-likeness (QED) is 0.442. The maximum atomic E-state index is 8.94. The second-order valence-electron chi connectivity index (χ2n) is 6.49. The summed E-state index contributed by atoms with van der Waals surface area (Å²) in [5.41, 5.74) is 7.80. The summed E-state index contributed by atoms with van der Waals surface area (Å²) in [6.07, 6.45) is 0. The summed E-state index contributed by atoms with van der Waals surface area (Å²) in [5, 5.41) is 8.94. The predicted octanol–water partition coefficient (Wildman–Crippen LogP) is 4.87. The minimum Gasteiger partial charge on any atom is -0.239 e. The molecule has 0 aliphatic heterocycles. The summed E-state index contributed by atoms with van der Waals surface area (Å²) >= 11 is 0. The van der Waals surface area contributed by atoms with E-state index in [9.17, 15) is 0 Å². The summed E-state index contributed by atoms with van der Waals surface area (Å²) < 4.78 is 0. The van der Waals surface area contributed by atoms with Gasteiger partial charge in [-0.3, -0.25) is 0 Å². The molecule has 0 bridgehead atoms. The van der Waals surface area contributed by atoms with E-state index in [1.807, 2.05) is 36.4 Å². The van der Waals surface area contributed by atoms with Crippen molar-refractivity contribution < 1.29 is 0 Å². The lowest BCUT2D eigenvalue weighted by atomic mass is 10.1. The zero-order valence-electron chi connectivity index (χ0n) is 14.0. The molecule has 0 heterocycles. The van der Waals surface area contributed by atoms with Crippen molar-refractivity contribution in [3.8, 4) is 17.5 Å². The van der Waals surface area contributed by atoms with Gasteiger partial charge in [-0.15, -0.1) is 5.54 Å². The first-order valence-electron chi connectivity index (χ1n) is 7.56. The molecule has 2 rings (SSSR count). The average Bonchev–Trinajstić information content (AvgIpc) is 2.52. The Hall–Kier alpha value is -2.62. The Bertz CT molecular complexity index is 806. The molecule has 3 heteroatoms. The van der Waals surface area contributed by atoms with Crippen molar-refractivity contribution in [1.82, 2.24) is 0 Å². The Morgan fingerprint density at radius 2 is 1.57 bits per heavy atom. The fourth-order valence-corrected chi connectivity index (χ4v) is 2.36. The van der Waals surface area contributed by atoms with Crippen LogP contribution < -0.4 is 0 Å². The van der Waals surface area contributed by atoms with Crippen LogP contribution in [0.2, 0.25) is 19.6 Å². The van der Waals surface area contributed by atoms with E-state index in [4.69, 9.17) is 10.3 Å². The first-order chi connectivity index (χ1) is 10.9. The molecule has 2 aromatic carbocycles. The minimum absolute atomic E-state index is 0.640. The molecule has 0 aliphatic rings. The Labute approximate surface area is 139 Å². The highest BCUT2D eigenvalue weighted by atomic mass is 28.3. The molecule has 0 aromatic heterocycles. The van der Waals surface area contributed by atoms with Crippen molar-refractivity contribution >= 4 is 19.5 Å². The number of hydrogen-bond acceptors (Lipinski definition) is 2. The van der Waals surface area contributed by atoms with Crippen LogP contribution in [0.15, 0.2) is 53.5 Å². The molecule has 0 radical (unpaired) electrons. The zero-order valence-corrected chi connectivity index (χ0v) is 15.0. The van der Waals surface area contributed by atoms with Crippen LogP contribution in [-0.2, 0) is 0 Å². The van der Waals surface area contributed by atoms with Gasteiger partial charge in [0.2, 0.25) is 0 Å². The number of rotatable bonds is 2. The third kappa shape index (κ3) is 5.25. The van der Waals surface area contributed by atoms with Gasteiger partial charge in [0.05, 0.1) is 17.3 Å². The molecule has 0 unspecified atom stereocenters. The molecule has 0 atom stereocenters. The maximum Gasteiger partial charge on any atom is 0.129 e. The van der Waals surface area contributed by atoms with Crippen LogP contribution in [0.5, 0.6) is 0 Å². The lowest BCUT2D eigenvalue weighted by Gasteiger charge is -2.05. The van der Waals surface area contributed by atoms with Crippen LogP contribution in [0.4, 0.5) is 5.69 Å². The highest BCUT2D eigenvalue weighted by Gasteiger charge is 2.09. The van der Waals surface area contributed by atoms with Crippen LogP contribution in [0, 0.1) is 29.7 Å². The SMILES string of the molecule is Cc1ccc(N=C(C#C[Si](C)(C)C)c2ccc(C#N)cc2)cc1. The van der Waals surface area contributed by atoms with E-state index < -0.39 is 8.07 Å². The number of aliphatic imine (C=N–C) groups is 1. The zero-order chi connectivity index (χ0) is 16.9. The van der Waals surface area contributed by atoms with Gasteiger partial charge in [0.15, 0.2) is 0 Å². The first kappa shape index (κ1) is 16.7. The van der Waals surface area contributed by atoms with Gasteiger partial charge in [0, 0.05) is 5.56 Å². The molecule has 2 nitrogen and oxygen atoms in total. The van der Waals surface area contributed by atoms with Gasteiger partial charge in [0.1, 0.15) is 13.8 Å². The van der Waals surface area contributed by atoms with Gasteiger partial charge in [-0.2, -0.15) is 5.26 Å². The fraction of sp³-hybridized carbons (Fsp3) is 0.200. The van der Waals surface area contributed by atoms with E-state index in [0.29, 0.717) is 5.56 Å². The highest BCUT2D eigenvalue weighted by molar-refractivity contribution is 6.84. The van der Waals surface area contributed by atoms with Gasteiger partial charge < -0.3 is 0 Å². The van der Waals surface area contributed by atoms with E-state index in [1.54, 1.807) is 12.1 Å². The standard InChI is InChI=1S/C20H20N2Si/c1-16-5-11-19(12-6-16)22-20(13-14-23(2,3)4)18-9-7-17(15-21)8-10-18/h5-12H,1-4H3. The van der Waals surface area contributed by atoms with Crippen LogP contribution >= 0.6 is 0 Å². The molecule has 0 spiro atoms. The van der Waals surface area contributed by atoms with E-state index in [-0.39, 0.29) is 0 Å². The Balaban J connectivity index is 2.48. The van der Waals surface area contributed by atoms with E-state index in [1.165, 1.54) is 5.56 Å². The van der Waals surface area contributed by atoms with Crippen molar-refractivity contribution in [2.45, 2.75) is 26.6 Å². The third-order valence-electron chi connectivity index (χ3n) is 3.12. The van der Waals surface area contributed by atoms with Gasteiger partial charge in [-0.1, -0.05) is 55.4 Å². The number of nitriles is 1. The molecule has 0 amide bonds. The van der Waals surface area contributed by atoms with Gasteiger partial charge in [0.25, 0.3) is 0 Å². The van der Waals surface area contributed by atoms with Crippen molar-refractivity contribution in [3.05, 3.63) is 65.2 Å². The Kier molecular flexibility index (Phi) is 5.16. The fourth-order valence-electron chi connectivity index (χ4n) is 1.86. The predicted molar refractivity (Wildman–Crippen MR) is 99.7 cm³/mol. The van der Waals surface area contributed by atoms with Crippen molar-refractivity contribution in [1.29, 1.82) is 5.26 Å². The van der Waals surface area contributed by atoms with Crippen molar-refractivity contribution in [3.63, 3.8) is 0 Å². The minimum atomic E-state index is -1.49. The maximum absolute atomic E-state index is 8.94. The number of nitrogens with zero attached hydrogens (tertiary/aromatic N) is 2. The Morgan fingerprint density at radius 3 is 2.09 bits per heavy atom. The summed E-state index contributed by atoms with van der Waals surface area (Å²) in [7, 11) is -1.49. The first-order valence-corrected chi connectivity index (χ1v) is 11.1. The van der Waals surface area contributed by atoms with Crippen LogP contribution in [0.25, 0.3) is 0 Å². The van der Waals surface area contributed by atoms with Crippen LogP contribution in [-0.4, -0.2) is 13.8 Å². The number of benzene rings is 2. The van der Waals surface area contributed by atoms with E-state index in [0.717, 1.165) is 17.0 Å². The van der Waals surface area contributed by atoms with Gasteiger partial charge in [-0.25, -0.2) is 4.99 Å². The number of aryl methyl sites for hydroxylation is 1. The molecular weight excluding hydrogens is 296 g/mol. The highest BCUT2D eigenvalue weighted by Crippen LogP contribution is 2.15. The second-order valence-corrected chi connectivity index (χ2v) is 11.2. The largest absolute Gasteiger partial charge is 0.239 e. The smallest absolute Gasteiger partial charge is 0.129 e. The summed E-state index contributed by atoms with van der Waals surface area (Å²) in [5.74, 6) is 3.26. The molecule has 2 aromatic rings. The van der Waals surface area contributed by atoms with Gasteiger partial charge >= 0.3 is 0 Å². The monoisotopic (exact) mass is 316 g/mol. The molecule has 0 aliphatic carbocycles. The number of hydrogen-bond donors (Lipinski definition) is 0. The topological polar surface area (TPSA) is 36.1 Å². The lowest BCUT2D eigenvalue weighted by molar-refractivity contribution is 1.43. The molecule has 0 N–H and O–H groups in total. The van der Waals surface area contributed by atoms with Crippen molar-refractivity contribution in [2.24, 2.45) is 4.99 Å². The molecule has 23 heavy (non-hydrogen) atoms. The lowest BCUT2D eigenvalue weighted by Crippen LogP contribution is -2.17. The molecule has 0 saturated carbocycles. The second kappa shape index (κ2) is 7.09. The molecule has 0 saturated heterocycles. The normalized spacial score (nSPS) is 11.3.